The number of amidine groups is 1. The van der Waals surface area contributed by atoms with Crippen LogP contribution in [0.15, 0.2) is 10.1 Å². The molecule has 0 saturated carbocycles. The first kappa shape index (κ1) is 11.7. The average molecular weight is 211 g/mol. The van der Waals surface area contributed by atoms with Gasteiger partial charge in [0.05, 0.1) is 11.5 Å². The van der Waals surface area contributed by atoms with Crippen LogP contribution in [0.5, 0.6) is 0 Å². The molecule has 0 amide bonds. The molecule has 1 aliphatic heterocycles. The predicted molar refractivity (Wildman–Crippen MR) is 59.0 cm³/mol. The fourth-order valence-electron chi connectivity index (χ4n) is 1.39. The van der Waals surface area contributed by atoms with Crippen molar-refractivity contribution < 1.29 is 9.63 Å². The van der Waals surface area contributed by atoms with Gasteiger partial charge in [-0.25, -0.2) is 9.79 Å². The van der Waals surface area contributed by atoms with E-state index in [-0.39, 0.29) is 5.97 Å². The van der Waals surface area contributed by atoms with Gasteiger partial charge in [-0.1, -0.05) is 12.1 Å². The van der Waals surface area contributed by atoms with Gasteiger partial charge in [-0.15, -0.1) is 0 Å². The van der Waals surface area contributed by atoms with Gasteiger partial charge in [0.15, 0.2) is 0 Å². The summed E-state index contributed by atoms with van der Waals surface area (Å²) in [6, 6.07) is 0. The summed E-state index contributed by atoms with van der Waals surface area (Å²) in [6.07, 6.45) is 0.562. The van der Waals surface area contributed by atoms with E-state index in [9.17, 15) is 4.79 Å². The number of carbonyl (C=O) groups is 1. The fourth-order valence-corrected chi connectivity index (χ4v) is 1.39. The first-order valence-electron chi connectivity index (χ1n) is 4.94. The molecule has 0 spiro atoms. The normalized spacial score (nSPS) is 26.3. The highest BCUT2D eigenvalue weighted by molar-refractivity contribution is 6.14. The second kappa shape index (κ2) is 4.00. The Labute approximate surface area is 89.8 Å². The Morgan fingerprint density at radius 1 is 1.60 bits per heavy atom. The monoisotopic (exact) mass is 211 g/mol. The van der Waals surface area contributed by atoms with Crippen molar-refractivity contribution in [3.05, 3.63) is 0 Å². The molecule has 0 N–H and O–H groups in total. The summed E-state index contributed by atoms with van der Waals surface area (Å²) in [6.45, 7) is 5.52. The molecule has 0 fully saturated rings. The van der Waals surface area contributed by atoms with Crippen molar-refractivity contribution in [2.24, 2.45) is 10.1 Å². The van der Waals surface area contributed by atoms with Gasteiger partial charge in [-0.3, -0.25) is 0 Å². The van der Waals surface area contributed by atoms with Crippen molar-refractivity contribution in [3.8, 4) is 0 Å². The number of hydrogen-bond donors (Lipinski definition) is 0. The Morgan fingerprint density at radius 3 is 2.53 bits per heavy atom. The lowest BCUT2D eigenvalue weighted by molar-refractivity contribution is -0.144. The van der Waals surface area contributed by atoms with Gasteiger partial charge in [0.2, 0.25) is 5.54 Å². The summed E-state index contributed by atoms with van der Waals surface area (Å²) in [5.74, 6) is 0.397. The van der Waals surface area contributed by atoms with Gasteiger partial charge >= 0.3 is 5.97 Å². The van der Waals surface area contributed by atoms with E-state index in [2.05, 4.69) is 15.0 Å². The highest BCUT2D eigenvalue weighted by atomic mass is 16.7. The molecule has 0 aromatic rings. The third-order valence-corrected chi connectivity index (χ3v) is 2.71. The Hall–Kier alpha value is -1.39. The second-order valence-electron chi connectivity index (χ2n) is 3.82. The maximum Gasteiger partial charge on any atom is 0.368 e. The number of nitrogens with zero attached hydrogens (tertiary/aromatic N) is 3. The van der Waals surface area contributed by atoms with E-state index in [1.54, 1.807) is 6.92 Å². The van der Waals surface area contributed by atoms with Crippen molar-refractivity contribution in [1.82, 2.24) is 4.90 Å². The smallest absolute Gasteiger partial charge is 0.367 e. The molecule has 1 rings (SSSR count). The molecule has 0 aromatic heterocycles. The summed E-state index contributed by atoms with van der Waals surface area (Å²) >= 11 is 0. The number of rotatable bonds is 2. The van der Waals surface area contributed by atoms with Crippen molar-refractivity contribution >= 4 is 17.5 Å². The molecular formula is C10H17N3O2. The number of hydrogen-bond acceptors (Lipinski definition) is 4. The standard InChI is InChI=1S/C10H17N3O2/c1-6-10(11-8(3)13(4)5)7(2)12-15-9(10)14/h6H2,1-5H3. The quantitative estimate of drug-likeness (QED) is 0.389. The van der Waals surface area contributed by atoms with Gasteiger partial charge in [0, 0.05) is 14.1 Å². The minimum atomic E-state index is -0.908. The van der Waals surface area contributed by atoms with E-state index in [0.29, 0.717) is 12.1 Å². The molecule has 0 bridgehead atoms. The Morgan fingerprint density at radius 2 is 2.20 bits per heavy atom. The van der Waals surface area contributed by atoms with Crippen molar-refractivity contribution in [1.29, 1.82) is 0 Å². The van der Waals surface area contributed by atoms with Crippen LogP contribution in [-0.2, 0) is 9.63 Å². The summed E-state index contributed by atoms with van der Waals surface area (Å²) < 4.78 is 0. The van der Waals surface area contributed by atoms with Crippen LogP contribution in [0.1, 0.15) is 27.2 Å². The van der Waals surface area contributed by atoms with E-state index in [0.717, 1.165) is 5.84 Å². The first-order valence-corrected chi connectivity index (χ1v) is 4.94. The van der Waals surface area contributed by atoms with Crippen LogP contribution < -0.4 is 0 Å². The number of carbonyl (C=O) groups excluding carboxylic acids is 1. The Bertz CT molecular complexity index is 334. The van der Waals surface area contributed by atoms with Crippen LogP contribution in [0.4, 0.5) is 0 Å². The molecule has 1 aliphatic rings. The van der Waals surface area contributed by atoms with Crippen LogP contribution in [-0.4, -0.2) is 42.1 Å². The summed E-state index contributed by atoms with van der Waals surface area (Å²) in [7, 11) is 3.77. The minimum Gasteiger partial charge on any atom is -0.367 e. The van der Waals surface area contributed by atoms with Crippen LogP contribution in [0.25, 0.3) is 0 Å². The SMILES string of the molecule is CCC1(N=C(C)N(C)C)C(=O)ON=C1C. The molecule has 0 radical (unpaired) electrons. The van der Waals surface area contributed by atoms with Crippen LogP contribution in [0, 0.1) is 0 Å². The average Bonchev–Trinajstić information content (AvgIpc) is 2.46. The molecule has 1 heterocycles. The molecule has 1 atom stereocenters. The lowest BCUT2D eigenvalue weighted by Crippen LogP contribution is -2.41. The molecular weight excluding hydrogens is 194 g/mol. The zero-order valence-corrected chi connectivity index (χ0v) is 9.87. The fraction of sp³-hybridized carbons (Fsp3) is 0.700. The van der Waals surface area contributed by atoms with Gasteiger partial charge in [0.25, 0.3) is 0 Å². The third kappa shape index (κ3) is 1.86. The molecule has 1 unspecified atom stereocenters. The molecule has 0 aromatic carbocycles. The summed E-state index contributed by atoms with van der Waals surface area (Å²) in [4.78, 5) is 22.6. The number of aliphatic imine (C=N–C) groups is 1. The van der Waals surface area contributed by atoms with E-state index in [1.807, 2.05) is 32.8 Å². The van der Waals surface area contributed by atoms with Crippen LogP contribution in [0.3, 0.4) is 0 Å². The van der Waals surface area contributed by atoms with Crippen LogP contribution in [0.2, 0.25) is 0 Å². The minimum absolute atomic E-state index is 0.385. The van der Waals surface area contributed by atoms with Crippen molar-refractivity contribution in [3.63, 3.8) is 0 Å². The van der Waals surface area contributed by atoms with Crippen molar-refractivity contribution in [2.45, 2.75) is 32.7 Å². The molecule has 0 saturated heterocycles. The van der Waals surface area contributed by atoms with E-state index < -0.39 is 5.54 Å². The number of oxime groups is 1. The Balaban J connectivity index is 3.11. The largest absolute Gasteiger partial charge is 0.368 e. The zero-order valence-electron chi connectivity index (χ0n) is 9.87. The molecule has 0 aliphatic carbocycles. The van der Waals surface area contributed by atoms with E-state index in [1.165, 1.54) is 0 Å². The lowest BCUT2D eigenvalue weighted by atomic mass is 9.92. The molecule has 5 nitrogen and oxygen atoms in total. The van der Waals surface area contributed by atoms with Gasteiger partial charge in [-0.2, -0.15) is 0 Å². The highest BCUT2D eigenvalue weighted by Gasteiger charge is 2.46. The molecule has 15 heavy (non-hydrogen) atoms. The zero-order chi connectivity index (χ0) is 11.6. The Kier molecular flexibility index (Phi) is 3.12. The molecule has 84 valence electrons. The van der Waals surface area contributed by atoms with Gasteiger partial charge < -0.3 is 9.74 Å². The second-order valence-corrected chi connectivity index (χ2v) is 3.82. The molecule has 5 heteroatoms. The van der Waals surface area contributed by atoms with Crippen molar-refractivity contribution in [2.75, 3.05) is 14.1 Å². The highest BCUT2D eigenvalue weighted by Crippen LogP contribution is 2.26. The maximum absolute atomic E-state index is 11.6. The lowest BCUT2D eigenvalue weighted by Gasteiger charge is -2.21. The maximum atomic E-state index is 11.6. The summed E-state index contributed by atoms with van der Waals surface area (Å²) in [5.41, 5.74) is -0.287. The van der Waals surface area contributed by atoms with Crippen LogP contribution >= 0.6 is 0 Å². The van der Waals surface area contributed by atoms with Gasteiger partial charge in [0.1, 0.15) is 0 Å². The topological polar surface area (TPSA) is 54.3 Å². The van der Waals surface area contributed by atoms with E-state index in [4.69, 9.17) is 0 Å². The van der Waals surface area contributed by atoms with Gasteiger partial charge in [-0.05, 0) is 20.3 Å². The predicted octanol–water partition coefficient (Wildman–Crippen LogP) is 1.05. The first-order chi connectivity index (χ1) is 6.94. The third-order valence-electron chi connectivity index (χ3n) is 2.71. The summed E-state index contributed by atoms with van der Waals surface area (Å²) in [5, 5.41) is 3.70. The van der Waals surface area contributed by atoms with E-state index >= 15 is 0 Å².